The third-order valence-electron chi connectivity index (χ3n) is 5.41. The van der Waals surface area contributed by atoms with Crippen LogP contribution in [-0.2, 0) is 13.5 Å². The number of nitrogens with zero attached hydrogens (tertiary/aromatic N) is 7. The van der Waals surface area contributed by atoms with Crippen molar-refractivity contribution < 1.29 is 9.32 Å². The number of aromatic nitrogens is 5. The van der Waals surface area contributed by atoms with Crippen molar-refractivity contribution >= 4 is 28.6 Å². The lowest BCUT2D eigenvalue weighted by molar-refractivity contribution is 0.0630. The predicted octanol–water partition coefficient (Wildman–Crippen LogP) is 3.05. The molecule has 4 aromatic rings. The number of thiazole rings is 1. The van der Waals surface area contributed by atoms with E-state index >= 15 is 0 Å². The van der Waals surface area contributed by atoms with Gasteiger partial charge in [-0.2, -0.15) is 10.1 Å². The van der Waals surface area contributed by atoms with E-state index in [4.69, 9.17) is 4.52 Å². The molecule has 1 fully saturated rings. The van der Waals surface area contributed by atoms with Crippen molar-refractivity contribution in [3.63, 3.8) is 0 Å². The lowest BCUT2D eigenvalue weighted by Gasteiger charge is -2.34. The average molecular weight is 470 g/mol. The highest BCUT2D eigenvalue weighted by atomic mass is 32.1. The minimum atomic E-state index is 0.00278. The van der Waals surface area contributed by atoms with E-state index in [9.17, 15) is 4.79 Å². The first kappa shape index (κ1) is 21.0. The topological polar surface area (TPSA) is 93.2 Å². The zero-order valence-corrected chi connectivity index (χ0v) is 19.3. The predicted molar refractivity (Wildman–Crippen MR) is 123 cm³/mol. The molecule has 1 aliphatic rings. The molecule has 1 amide bonds. The van der Waals surface area contributed by atoms with Gasteiger partial charge in [-0.15, -0.1) is 22.7 Å². The summed E-state index contributed by atoms with van der Waals surface area (Å²) in [5, 5.41) is 12.9. The smallest absolute Gasteiger partial charge is 0.273 e. The van der Waals surface area contributed by atoms with E-state index in [2.05, 4.69) is 25.1 Å². The minimum absolute atomic E-state index is 0.00278. The van der Waals surface area contributed by atoms with Gasteiger partial charge >= 0.3 is 0 Å². The molecule has 166 valence electrons. The van der Waals surface area contributed by atoms with Gasteiger partial charge in [0.25, 0.3) is 5.91 Å². The fourth-order valence-corrected chi connectivity index (χ4v) is 5.11. The molecule has 5 heterocycles. The molecule has 0 aliphatic carbocycles. The van der Waals surface area contributed by atoms with Crippen molar-refractivity contribution in [1.29, 1.82) is 0 Å². The van der Waals surface area contributed by atoms with E-state index < -0.39 is 0 Å². The maximum absolute atomic E-state index is 12.9. The molecule has 0 saturated carbocycles. The molecule has 11 heteroatoms. The number of amides is 1. The normalized spacial score (nSPS) is 14.8. The maximum atomic E-state index is 12.9. The third kappa shape index (κ3) is 4.64. The summed E-state index contributed by atoms with van der Waals surface area (Å²) in [7, 11) is 1.87. The monoisotopic (exact) mass is 469 g/mol. The van der Waals surface area contributed by atoms with Crippen LogP contribution in [0.2, 0.25) is 0 Å². The molecule has 0 N–H and O–H groups in total. The van der Waals surface area contributed by atoms with Gasteiger partial charge in [-0.1, -0.05) is 11.2 Å². The minimum Gasteiger partial charge on any atom is -0.339 e. The molecular formula is C21H23N7O2S2. The van der Waals surface area contributed by atoms with Crippen LogP contribution in [0, 0.1) is 0 Å². The molecule has 0 aromatic carbocycles. The second kappa shape index (κ2) is 9.31. The summed E-state index contributed by atoms with van der Waals surface area (Å²) in [6.45, 7) is 4.08. The zero-order chi connectivity index (χ0) is 21.9. The van der Waals surface area contributed by atoms with Crippen LogP contribution < -0.4 is 0 Å². The second-order valence-electron chi connectivity index (χ2n) is 7.67. The van der Waals surface area contributed by atoms with Gasteiger partial charge in [0.1, 0.15) is 10.7 Å². The highest BCUT2D eigenvalue weighted by molar-refractivity contribution is 7.13. The van der Waals surface area contributed by atoms with E-state index in [-0.39, 0.29) is 5.91 Å². The third-order valence-corrected chi connectivity index (χ3v) is 7.17. The van der Waals surface area contributed by atoms with Crippen molar-refractivity contribution in [3.05, 3.63) is 46.9 Å². The molecule has 0 spiro atoms. The van der Waals surface area contributed by atoms with Crippen LogP contribution in [0.5, 0.6) is 0 Å². The van der Waals surface area contributed by atoms with E-state index in [0.29, 0.717) is 30.5 Å². The van der Waals surface area contributed by atoms with Crippen LogP contribution in [0.1, 0.15) is 22.8 Å². The number of piperazine rings is 1. The SMILES string of the molecule is Cn1cc(-c2nc(C(=O)N3CCN(CCCc4nc(-c5cccs5)no4)CC3)cs2)cn1. The van der Waals surface area contributed by atoms with Gasteiger partial charge < -0.3 is 9.42 Å². The fourth-order valence-electron chi connectivity index (χ4n) is 3.69. The van der Waals surface area contributed by atoms with Crippen LogP contribution in [-0.4, -0.2) is 73.3 Å². The van der Waals surface area contributed by atoms with Crippen molar-refractivity contribution in [1.82, 2.24) is 34.7 Å². The number of hydrogen-bond donors (Lipinski definition) is 0. The number of aryl methyl sites for hydroxylation is 2. The standard InChI is InChI=1S/C21H23N7O2S2/c1-26-13-15(12-22-26)20-23-16(14-32-20)21(29)28-9-7-27(8-10-28)6-2-5-18-24-19(25-30-18)17-4-3-11-31-17/h3-4,11-14H,2,5-10H2,1H3. The van der Waals surface area contributed by atoms with Gasteiger partial charge in [0, 0.05) is 56.8 Å². The first-order valence-electron chi connectivity index (χ1n) is 10.5. The Morgan fingerprint density at radius 1 is 1.19 bits per heavy atom. The van der Waals surface area contributed by atoms with Crippen LogP contribution >= 0.6 is 22.7 Å². The summed E-state index contributed by atoms with van der Waals surface area (Å²) < 4.78 is 7.11. The molecule has 5 rings (SSSR count). The molecule has 1 aliphatic heterocycles. The number of rotatable bonds is 7. The van der Waals surface area contributed by atoms with E-state index in [0.717, 1.165) is 47.9 Å². The Labute approximate surface area is 193 Å². The first-order chi connectivity index (χ1) is 15.7. The molecule has 0 atom stereocenters. The summed E-state index contributed by atoms with van der Waals surface area (Å²) in [6.07, 6.45) is 5.38. The Bertz CT molecular complexity index is 1170. The lowest BCUT2D eigenvalue weighted by Crippen LogP contribution is -2.49. The Morgan fingerprint density at radius 3 is 2.81 bits per heavy atom. The zero-order valence-electron chi connectivity index (χ0n) is 17.7. The Hall–Kier alpha value is -2.89. The molecule has 0 radical (unpaired) electrons. The molecule has 32 heavy (non-hydrogen) atoms. The molecule has 0 unspecified atom stereocenters. The Balaban J connectivity index is 1.08. The van der Waals surface area contributed by atoms with Crippen LogP contribution in [0.4, 0.5) is 0 Å². The molecule has 0 bridgehead atoms. The number of hydrogen-bond acceptors (Lipinski definition) is 9. The maximum Gasteiger partial charge on any atom is 0.273 e. The summed E-state index contributed by atoms with van der Waals surface area (Å²) in [5.74, 6) is 1.34. The lowest BCUT2D eigenvalue weighted by atomic mass is 10.2. The molecule has 1 saturated heterocycles. The van der Waals surface area contributed by atoms with Crippen LogP contribution in [0.15, 0.2) is 39.8 Å². The molecule has 4 aromatic heterocycles. The summed E-state index contributed by atoms with van der Waals surface area (Å²) >= 11 is 3.08. The van der Waals surface area contributed by atoms with Crippen molar-refractivity contribution in [2.24, 2.45) is 7.05 Å². The Kier molecular flexibility index (Phi) is 6.10. The molecular weight excluding hydrogens is 446 g/mol. The van der Waals surface area contributed by atoms with Crippen LogP contribution in [0.3, 0.4) is 0 Å². The first-order valence-corrected chi connectivity index (χ1v) is 12.2. The number of carbonyl (C=O) groups is 1. The van der Waals surface area contributed by atoms with E-state index in [1.54, 1.807) is 22.2 Å². The second-order valence-corrected chi connectivity index (χ2v) is 9.47. The largest absolute Gasteiger partial charge is 0.339 e. The van der Waals surface area contributed by atoms with Gasteiger partial charge in [0.2, 0.25) is 11.7 Å². The van der Waals surface area contributed by atoms with E-state index in [1.807, 2.05) is 41.0 Å². The Morgan fingerprint density at radius 2 is 2.06 bits per heavy atom. The summed E-state index contributed by atoms with van der Waals surface area (Å²) in [4.78, 5) is 27.2. The van der Waals surface area contributed by atoms with Gasteiger partial charge in [-0.25, -0.2) is 4.98 Å². The average Bonchev–Trinajstić information content (AvgIpc) is 3.60. The van der Waals surface area contributed by atoms with Crippen LogP contribution in [0.25, 0.3) is 21.3 Å². The van der Waals surface area contributed by atoms with Gasteiger partial charge in [0.15, 0.2) is 0 Å². The van der Waals surface area contributed by atoms with Crippen molar-refractivity contribution in [2.45, 2.75) is 12.8 Å². The number of carbonyl (C=O) groups excluding carboxylic acids is 1. The number of thiophene rings is 1. The van der Waals surface area contributed by atoms with Gasteiger partial charge in [-0.3, -0.25) is 14.4 Å². The van der Waals surface area contributed by atoms with Gasteiger partial charge in [0.05, 0.1) is 11.1 Å². The highest BCUT2D eigenvalue weighted by Crippen LogP contribution is 2.24. The van der Waals surface area contributed by atoms with Crippen molar-refractivity contribution in [3.8, 4) is 21.3 Å². The quantitative estimate of drug-likeness (QED) is 0.411. The summed E-state index contributed by atoms with van der Waals surface area (Å²) in [6, 6.07) is 3.97. The van der Waals surface area contributed by atoms with E-state index in [1.165, 1.54) is 11.3 Å². The summed E-state index contributed by atoms with van der Waals surface area (Å²) in [5.41, 5.74) is 1.45. The highest BCUT2D eigenvalue weighted by Gasteiger charge is 2.24. The fraction of sp³-hybridized carbons (Fsp3) is 0.381. The van der Waals surface area contributed by atoms with Gasteiger partial charge in [-0.05, 0) is 24.4 Å². The molecule has 9 nitrogen and oxygen atoms in total. The van der Waals surface area contributed by atoms with Crippen molar-refractivity contribution in [2.75, 3.05) is 32.7 Å².